The molecule has 0 unspecified atom stereocenters. The maximum atomic E-state index is 10.6. The van der Waals surface area contributed by atoms with Crippen LogP contribution in [0.15, 0.2) is 12.7 Å². The summed E-state index contributed by atoms with van der Waals surface area (Å²) in [5.74, 6) is 0.281. The number of hydrogen-bond acceptors (Lipinski definition) is 8. The van der Waals surface area contributed by atoms with Crippen molar-refractivity contribution in [2.75, 3.05) is 25.4 Å². The van der Waals surface area contributed by atoms with Gasteiger partial charge in [0.25, 0.3) is 0 Å². The minimum Gasteiger partial charge on any atom is -0.387 e. The summed E-state index contributed by atoms with van der Waals surface area (Å²) in [6, 6.07) is 0. The number of rotatable bonds is 3. The molecule has 4 atom stereocenters. The number of aliphatic hydroxyl groups excluding tert-OH is 2. The van der Waals surface area contributed by atoms with Gasteiger partial charge in [0.05, 0.1) is 6.33 Å². The number of ether oxygens (including phenoxy) is 1. The predicted molar refractivity (Wildman–Crippen MR) is 102 cm³/mol. The fraction of sp³-hybridized carbons (Fsp3) is 0.737. The van der Waals surface area contributed by atoms with Crippen LogP contribution < -0.4 is 5.73 Å². The molecule has 152 valence electrons. The topological polar surface area (TPSA) is 123 Å². The molecule has 3 aliphatic rings. The fourth-order valence-electron chi connectivity index (χ4n) is 5.31. The Bertz CT molecular complexity index is 851. The van der Waals surface area contributed by atoms with E-state index < -0.39 is 24.5 Å². The van der Waals surface area contributed by atoms with Gasteiger partial charge in [0.2, 0.25) is 0 Å². The summed E-state index contributed by atoms with van der Waals surface area (Å²) >= 11 is 0. The van der Waals surface area contributed by atoms with E-state index in [1.54, 1.807) is 4.57 Å². The van der Waals surface area contributed by atoms with Crippen molar-refractivity contribution in [2.45, 2.75) is 63.1 Å². The molecule has 9 nitrogen and oxygen atoms in total. The largest absolute Gasteiger partial charge is 0.387 e. The van der Waals surface area contributed by atoms with Gasteiger partial charge in [0.15, 0.2) is 17.7 Å². The number of aromatic nitrogens is 4. The first-order valence-electron chi connectivity index (χ1n) is 10.2. The molecule has 0 bridgehead atoms. The van der Waals surface area contributed by atoms with Crippen molar-refractivity contribution in [1.82, 2.24) is 24.4 Å². The summed E-state index contributed by atoms with van der Waals surface area (Å²) in [4.78, 5) is 14.8. The Balaban J connectivity index is 1.31. The molecular formula is C19H28N6O3. The molecule has 0 aromatic carbocycles. The maximum Gasteiger partial charge on any atom is 0.167 e. The van der Waals surface area contributed by atoms with Crippen molar-refractivity contribution in [3.63, 3.8) is 0 Å². The van der Waals surface area contributed by atoms with E-state index in [1.807, 2.05) is 0 Å². The van der Waals surface area contributed by atoms with Crippen LogP contribution in [0.25, 0.3) is 11.2 Å². The highest BCUT2D eigenvalue weighted by molar-refractivity contribution is 5.81. The second-order valence-electron chi connectivity index (χ2n) is 8.68. The first kappa shape index (κ1) is 18.2. The van der Waals surface area contributed by atoms with E-state index in [-0.39, 0.29) is 5.82 Å². The zero-order valence-electron chi connectivity index (χ0n) is 15.9. The number of hydrogen-bond donors (Lipinski definition) is 3. The smallest absolute Gasteiger partial charge is 0.167 e. The minimum absolute atomic E-state index is 0.281. The number of likely N-dealkylation sites (tertiary alicyclic amines) is 1. The third-order valence-electron chi connectivity index (χ3n) is 6.87. The van der Waals surface area contributed by atoms with E-state index in [1.165, 1.54) is 51.2 Å². The number of imidazole rings is 1. The molecule has 5 rings (SSSR count). The highest BCUT2D eigenvalue weighted by atomic mass is 16.6. The van der Waals surface area contributed by atoms with Gasteiger partial charge in [-0.05, 0) is 31.2 Å². The van der Waals surface area contributed by atoms with Crippen molar-refractivity contribution in [1.29, 1.82) is 0 Å². The van der Waals surface area contributed by atoms with Crippen molar-refractivity contribution in [3.8, 4) is 0 Å². The maximum absolute atomic E-state index is 10.6. The second-order valence-corrected chi connectivity index (χ2v) is 8.68. The average molecular weight is 388 g/mol. The van der Waals surface area contributed by atoms with Crippen LogP contribution in [0.3, 0.4) is 0 Å². The summed E-state index contributed by atoms with van der Waals surface area (Å²) in [5, 5.41) is 21.3. The summed E-state index contributed by atoms with van der Waals surface area (Å²) in [6.45, 7) is 2.73. The summed E-state index contributed by atoms with van der Waals surface area (Å²) < 4.78 is 7.73. The van der Waals surface area contributed by atoms with Gasteiger partial charge in [-0.3, -0.25) is 4.57 Å². The molecule has 1 spiro atoms. The Kier molecular flexibility index (Phi) is 4.50. The molecule has 2 saturated heterocycles. The van der Waals surface area contributed by atoms with Gasteiger partial charge in [-0.2, -0.15) is 0 Å². The third-order valence-corrected chi connectivity index (χ3v) is 6.87. The quantitative estimate of drug-likeness (QED) is 0.702. The Hall–Kier alpha value is -1.81. The van der Waals surface area contributed by atoms with Crippen LogP contribution in [-0.4, -0.2) is 72.6 Å². The van der Waals surface area contributed by atoms with Crippen molar-refractivity contribution < 1.29 is 14.9 Å². The van der Waals surface area contributed by atoms with E-state index >= 15 is 0 Å². The van der Waals surface area contributed by atoms with Crippen LogP contribution >= 0.6 is 0 Å². The van der Waals surface area contributed by atoms with Crippen molar-refractivity contribution in [3.05, 3.63) is 12.7 Å². The molecule has 2 aliphatic heterocycles. The first-order valence-corrected chi connectivity index (χ1v) is 10.2. The molecular weight excluding hydrogens is 360 g/mol. The Morgan fingerprint density at radius 1 is 1.11 bits per heavy atom. The first-order chi connectivity index (χ1) is 13.6. The van der Waals surface area contributed by atoms with Gasteiger partial charge in [0, 0.05) is 13.1 Å². The lowest BCUT2D eigenvalue weighted by atomic mass is 9.73. The van der Waals surface area contributed by atoms with Crippen LogP contribution in [-0.2, 0) is 4.74 Å². The van der Waals surface area contributed by atoms with E-state index in [9.17, 15) is 10.2 Å². The average Bonchev–Trinajstić information content (AvgIpc) is 3.36. The van der Waals surface area contributed by atoms with Crippen molar-refractivity contribution in [2.24, 2.45) is 5.41 Å². The zero-order valence-corrected chi connectivity index (χ0v) is 15.9. The molecule has 2 aromatic heterocycles. The predicted octanol–water partition coefficient (Wildman–Crippen LogP) is 0.684. The number of aliphatic hydroxyl groups is 2. The van der Waals surface area contributed by atoms with Crippen LogP contribution in [0, 0.1) is 5.41 Å². The van der Waals surface area contributed by atoms with Gasteiger partial charge < -0.3 is 25.6 Å². The number of nitrogens with two attached hydrogens (primary N) is 1. The summed E-state index contributed by atoms with van der Waals surface area (Å²) in [7, 11) is 0. The Morgan fingerprint density at radius 3 is 2.75 bits per heavy atom. The highest BCUT2D eigenvalue weighted by Crippen LogP contribution is 2.44. The SMILES string of the molecule is Nc1ncnc2c1ncn2[C@@H]1O[C@H](CN2CCC3(CCCCC3)C2)[C@@H](O)[C@H]1O. The number of fused-ring (bicyclic) bond motifs is 1. The number of nitrogens with zero attached hydrogens (tertiary/aromatic N) is 5. The van der Waals surface area contributed by atoms with Gasteiger partial charge in [-0.1, -0.05) is 19.3 Å². The monoisotopic (exact) mass is 388 g/mol. The Morgan fingerprint density at radius 2 is 1.93 bits per heavy atom. The van der Waals surface area contributed by atoms with Crippen LogP contribution in [0.2, 0.25) is 0 Å². The Labute approximate surface area is 163 Å². The van der Waals surface area contributed by atoms with Gasteiger partial charge >= 0.3 is 0 Å². The van der Waals surface area contributed by atoms with Gasteiger partial charge in [0.1, 0.15) is 30.2 Å². The summed E-state index contributed by atoms with van der Waals surface area (Å²) in [5.41, 5.74) is 7.26. The lowest BCUT2D eigenvalue weighted by molar-refractivity contribution is -0.0433. The summed E-state index contributed by atoms with van der Waals surface area (Å²) in [6.07, 6.45) is 7.55. The molecule has 3 fully saturated rings. The van der Waals surface area contributed by atoms with E-state index in [0.717, 1.165) is 13.1 Å². The molecule has 4 N–H and O–H groups in total. The normalized spacial score (nSPS) is 33.2. The number of anilines is 1. The zero-order chi connectivity index (χ0) is 19.3. The van der Waals surface area contributed by atoms with Gasteiger partial charge in [-0.25, -0.2) is 15.0 Å². The van der Waals surface area contributed by atoms with Crippen LogP contribution in [0.5, 0.6) is 0 Å². The molecule has 28 heavy (non-hydrogen) atoms. The molecule has 1 aliphatic carbocycles. The molecule has 0 amide bonds. The molecule has 2 aromatic rings. The number of nitrogen functional groups attached to an aromatic ring is 1. The van der Waals surface area contributed by atoms with E-state index in [2.05, 4.69) is 19.9 Å². The second kappa shape index (κ2) is 6.91. The molecule has 9 heteroatoms. The minimum atomic E-state index is -1.05. The third kappa shape index (κ3) is 2.97. The highest BCUT2D eigenvalue weighted by Gasteiger charge is 2.47. The lowest BCUT2D eigenvalue weighted by Crippen LogP contribution is -2.40. The van der Waals surface area contributed by atoms with Crippen molar-refractivity contribution >= 4 is 17.0 Å². The molecule has 4 heterocycles. The fourth-order valence-corrected chi connectivity index (χ4v) is 5.31. The standard InChI is InChI=1S/C19H28N6O3/c20-16-13-17(22-10-21-16)25(11-23-13)18-15(27)14(26)12(28-18)8-24-7-6-19(9-24)4-2-1-3-5-19/h10-12,14-15,18,26-27H,1-9H2,(H2,20,21,22)/t12-,14-,15-,18-/m1/s1. The molecule has 0 radical (unpaired) electrons. The van der Waals surface area contributed by atoms with E-state index in [4.69, 9.17) is 10.5 Å². The van der Waals surface area contributed by atoms with Gasteiger partial charge in [-0.15, -0.1) is 0 Å². The van der Waals surface area contributed by atoms with Crippen LogP contribution in [0.1, 0.15) is 44.8 Å². The lowest BCUT2D eigenvalue weighted by Gasteiger charge is -2.33. The van der Waals surface area contributed by atoms with Crippen LogP contribution in [0.4, 0.5) is 5.82 Å². The molecule has 1 saturated carbocycles. The van der Waals surface area contributed by atoms with E-state index in [0.29, 0.717) is 23.1 Å².